The molecule has 1 fully saturated rings. The lowest BCUT2D eigenvalue weighted by atomic mass is 10.0. The van der Waals surface area contributed by atoms with Crippen LogP contribution in [0.25, 0.3) is 22.0 Å². The van der Waals surface area contributed by atoms with E-state index in [9.17, 15) is 28.8 Å². The predicted molar refractivity (Wildman–Crippen MR) is 210 cm³/mol. The highest BCUT2D eigenvalue weighted by Gasteiger charge is 2.45. The number of methoxy groups -OCH3 is 2. The smallest absolute Gasteiger partial charge is 0.276 e. The van der Waals surface area contributed by atoms with Gasteiger partial charge in [0.05, 0.1) is 43.7 Å². The fraction of sp³-hybridized carbons (Fsp3) is 0.439. The minimum atomic E-state index is -0.992. The second-order valence-electron chi connectivity index (χ2n) is 14.5. The number of hydrogen-bond donors (Lipinski definition) is 3. The Bertz CT molecular complexity index is 2180. The number of aromatic nitrogens is 3. The summed E-state index contributed by atoms with van der Waals surface area (Å²) in [6.07, 6.45) is 10.9. The third-order valence-corrected chi connectivity index (χ3v) is 10.5. The molecule has 2 aliphatic heterocycles. The number of carbonyl (C=O) groups is 5. The Hall–Kier alpha value is -5.83. The number of amides is 4. The fourth-order valence-electron chi connectivity index (χ4n) is 7.60. The Morgan fingerprint density at radius 3 is 2.34 bits per heavy atom. The van der Waals surface area contributed by atoms with Gasteiger partial charge in [0.1, 0.15) is 28.8 Å². The number of likely N-dealkylation sites (N-methyl/N-ethyl adjacent to an activating group) is 1. The van der Waals surface area contributed by atoms with Gasteiger partial charge in [-0.05, 0) is 56.1 Å². The van der Waals surface area contributed by atoms with E-state index < -0.39 is 29.7 Å². The lowest BCUT2D eigenvalue weighted by Crippen LogP contribution is -2.54. The molecule has 0 bridgehead atoms. The highest BCUT2D eigenvalue weighted by molar-refractivity contribution is 6.25. The molecule has 2 aromatic carbocycles. The summed E-state index contributed by atoms with van der Waals surface area (Å²) in [6.45, 7) is 1.38. The van der Waals surface area contributed by atoms with Crippen LogP contribution < -0.4 is 25.7 Å². The van der Waals surface area contributed by atoms with E-state index in [-0.39, 0.29) is 35.3 Å². The largest absolute Gasteiger partial charge is 0.496 e. The van der Waals surface area contributed by atoms with Gasteiger partial charge in [-0.2, -0.15) is 5.10 Å². The Balaban J connectivity index is 0.893. The molecule has 2 aliphatic rings. The van der Waals surface area contributed by atoms with Crippen molar-refractivity contribution in [2.24, 2.45) is 7.05 Å². The first-order valence-electron chi connectivity index (χ1n) is 19.1. The monoisotopic (exact) mass is 767 g/mol. The van der Waals surface area contributed by atoms with Crippen LogP contribution >= 0.6 is 0 Å². The van der Waals surface area contributed by atoms with Crippen LogP contribution in [0.5, 0.6) is 11.5 Å². The number of Topliss-reactive ketones (excluding diaryl/α,β-unsaturated/α-hetero) is 1. The average molecular weight is 768 g/mol. The molecule has 296 valence electrons. The molecule has 1 unspecified atom stereocenters. The highest BCUT2D eigenvalue weighted by Crippen LogP contribution is 2.38. The number of H-pyrrole nitrogens is 1. The number of hydrogen-bond acceptors (Lipinski definition) is 11. The first-order valence-corrected chi connectivity index (χ1v) is 19.1. The number of rotatable bonds is 19. The maximum absolute atomic E-state index is 13.3. The van der Waals surface area contributed by atoms with Gasteiger partial charge in [-0.1, -0.05) is 38.2 Å². The number of aromatic amines is 1. The van der Waals surface area contributed by atoms with E-state index in [0.717, 1.165) is 66.5 Å². The Labute approximate surface area is 324 Å². The topological polar surface area (TPSA) is 185 Å². The van der Waals surface area contributed by atoms with Crippen LogP contribution in [0.15, 0.2) is 47.5 Å². The van der Waals surface area contributed by atoms with Gasteiger partial charge < -0.3 is 19.4 Å². The zero-order valence-electron chi connectivity index (χ0n) is 32.4. The molecule has 56 heavy (non-hydrogen) atoms. The molecule has 1 atom stereocenters. The SMILES string of the molecule is COc1cc(-c2cn(C)c(=O)c3[nH]ncc23)cc(OC)c1CN(C)CC(=O)CCCCCCCCCNc1cccc2c1C(=O)N(C1CCC(=O)NC1=O)C2=O. The van der Waals surface area contributed by atoms with Crippen molar-refractivity contribution in [3.8, 4) is 22.6 Å². The molecule has 0 saturated carbocycles. The van der Waals surface area contributed by atoms with Crippen LogP contribution in [-0.4, -0.2) is 94.4 Å². The van der Waals surface area contributed by atoms with Gasteiger partial charge in [-0.25, -0.2) is 0 Å². The molecule has 0 aliphatic carbocycles. The van der Waals surface area contributed by atoms with Crippen LogP contribution in [0.1, 0.15) is 90.5 Å². The van der Waals surface area contributed by atoms with Gasteiger partial charge in [0.25, 0.3) is 17.4 Å². The molecule has 3 N–H and O–H groups in total. The van der Waals surface area contributed by atoms with E-state index in [2.05, 4.69) is 20.8 Å². The summed E-state index contributed by atoms with van der Waals surface area (Å²) < 4.78 is 13.1. The number of nitrogens with one attached hydrogen (secondary N) is 3. The number of anilines is 1. The number of ketones is 1. The number of carbonyl (C=O) groups excluding carboxylic acids is 5. The second kappa shape index (κ2) is 17.8. The maximum Gasteiger partial charge on any atom is 0.276 e. The third-order valence-electron chi connectivity index (χ3n) is 10.5. The summed E-state index contributed by atoms with van der Waals surface area (Å²) in [6, 6.07) is 7.90. The standard InChI is InChI=1S/C41H49N7O8/c1-46(23-30-33(55-3)19-25(20-34(30)56-4)29-24-47(2)41(54)37-28(29)21-43-45-37)22-26(49)13-10-8-6-5-7-9-11-18-42-31-15-12-14-27-36(31)40(53)48(39(27)52)32-16-17-35(50)44-38(32)51/h12,14-15,19-21,24,32,42H,5-11,13,16-18,22-23H2,1-4H3,(H,43,45)(H,44,50,51). The van der Waals surface area contributed by atoms with Gasteiger partial charge in [-0.15, -0.1) is 0 Å². The predicted octanol–water partition coefficient (Wildman–Crippen LogP) is 4.58. The molecule has 0 spiro atoms. The van der Waals surface area contributed by atoms with E-state index in [0.29, 0.717) is 54.1 Å². The van der Waals surface area contributed by atoms with Crippen LogP contribution in [-0.2, 0) is 28.0 Å². The first-order chi connectivity index (χ1) is 27.0. The molecule has 1 saturated heterocycles. The molecule has 0 radical (unpaired) electrons. The molecule has 4 heterocycles. The highest BCUT2D eigenvalue weighted by atomic mass is 16.5. The lowest BCUT2D eigenvalue weighted by Gasteiger charge is -2.27. The minimum absolute atomic E-state index is 0.0778. The van der Waals surface area contributed by atoms with Crippen molar-refractivity contribution in [3.05, 3.63) is 69.8 Å². The zero-order chi connectivity index (χ0) is 39.9. The van der Waals surface area contributed by atoms with Crippen LogP contribution in [0.3, 0.4) is 0 Å². The minimum Gasteiger partial charge on any atom is -0.496 e. The molecule has 15 nitrogen and oxygen atoms in total. The number of pyridine rings is 1. The van der Waals surface area contributed by atoms with Crippen LogP contribution in [0.2, 0.25) is 0 Å². The van der Waals surface area contributed by atoms with E-state index in [1.165, 1.54) is 4.57 Å². The lowest BCUT2D eigenvalue weighted by molar-refractivity contribution is -0.136. The maximum atomic E-state index is 13.3. The van der Waals surface area contributed by atoms with Gasteiger partial charge in [0.15, 0.2) is 0 Å². The quantitative estimate of drug-likeness (QED) is 0.0897. The van der Waals surface area contributed by atoms with Crippen molar-refractivity contribution in [1.29, 1.82) is 0 Å². The normalized spacial score (nSPS) is 15.4. The van der Waals surface area contributed by atoms with Crippen LogP contribution in [0.4, 0.5) is 5.69 Å². The molecule has 6 rings (SSSR count). The van der Waals surface area contributed by atoms with Crippen molar-refractivity contribution < 1.29 is 33.4 Å². The van der Waals surface area contributed by atoms with Crippen molar-refractivity contribution in [3.63, 3.8) is 0 Å². The molecule has 4 amide bonds. The zero-order valence-corrected chi connectivity index (χ0v) is 32.4. The van der Waals surface area contributed by atoms with Gasteiger partial charge in [0, 0.05) is 55.8 Å². The van der Waals surface area contributed by atoms with Gasteiger partial charge in [-0.3, -0.25) is 49.0 Å². The van der Waals surface area contributed by atoms with E-state index in [4.69, 9.17) is 9.47 Å². The summed E-state index contributed by atoms with van der Waals surface area (Å²) in [4.78, 5) is 78.7. The summed E-state index contributed by atoms with van der Waals surface area (Å²) in [7, 11) is 6.80. The molecule has 4 aromatic rings. The van der Waals surface area contributed by atoms with Crippen molar-refractivity contribution >= 4 is 46.0 Å². The summed E-state index contributed by atoms with van der Waals surface area (Å²) in [5, 5.41) is 13.1. The van der Waals surface area contributed by atoms with E-state index in [1.54, 1.807) is 51.9 Å². The van der Waals surface area contributed by atoms with E-state index >= 15 is 0 Å². The summed E-state index contributed by atoms with van der Waals surface area (Å²) in [5.41, 5.74) is 3.81. The van der Waals surface area contributed by atoms with Gasteiger partial charge >= 0.3 is 0 Å². The Morgan fingerprint density at radius 1 is 0.946 bits per heavy atom. The summed E-state index contributed by atoms with van der Waals surface area (Å²) >= 11 is 0. The Morgan fingerprint density at radius 2 is 1.64 bits per heavy atom. The number of nitrogens with zero attached hydrogens (tertiary/aromatic N) is 4. The number of aryl methyl sites for hydroxylation is 1. The molecule has 2 aromatic heterocycles. The van der Waals surface area contributed by atoms with Crippen molar-refractivity contribution in [2.75, 3.05) is 39.7 Å². The summed E-state index contributed by atoms with van der Waals surface area (Å²) in [5.74, 6) is -0.652. The van der Waals surface area contributed by atoms with Crippen molar-refractivity contribution in [1.82, 2.24) is 29.9 Å². The molecule has 15 heteroatoms. The average Bonchev–Trinajstić information content (AvgIpc) is 3.77. The number of unbranched alkanes of at least 4 members (excludes halogenated alkanes) is 6. The fourth-order valence-corrected chi connectivity index (χ4v) is 7.60. The first kappa shape index (κ1) is 39.9. The van der Waals surface area contributed by atoms with E-state index in [1.807, 2.05) is 24.1 Å². The van der Waals surface area contributed by atoms with Gasteiger partial charge in [0.2, 0.25) is 11.8 Å². The molecular formula is C41H49N7O8. The number of fused-ring (bicyclic) bond motifs is 2. The second-order valence-corrected chi connectivity index (χ2v) is 14.5. The van der Waals surface area contributed by atoms with Crippen LogP contribution in [0, 0.1) is 0 Å². The number of piperidine rings is 1. The Kier molecular flexibility index (Phi) is 12.6. The third kappa shape index (κ3) is 8.52. The number of ether oxygens (including phenoxy) is 2. The molecular weight excluding hydrogens is 718 g/mol. The van der Waals surface area contributed by atoms with Crippen molar-refractivity contribution in [2.45, 2.75) is 76.8 Å². The number of imide groups is 2. The number of benzene rings is 2.